The van der Waals surface area contributed by atoms with Crippen molar-refractivity contribution in [3.8, 4) is 6.07 Å². The number of rotatable bonds is 6. The molecule has 8 heteroatoms. The fraction of sp³-hybridized carbons (Fsp3) is 0.158. The summed E-state index contributed by atoms with van der Waals surface area (Å²) in [4.78, 5) is 36.0. The zero-order valence-corrected chi connectivity index (χ0v) is 15.5. The van der Waals surface area contributed by atoms with Crippen molar-refractivity contribution >= 4 is 40.2 Å². The normalized spacial score (nSPS) is 11.8. The van der Waals surface area contributed by atoms with Crippen LogP contribution in [0, 0.1) is 11.3 Å². The fourth-order valence-electron chi connectivity index (χ4n) is 2.04. The maximum absolute atomic E-state index is 12.4. The van der Waals surface area contributed by atoms with Crippen LogP contribution in [0.15, 0.2) is 47.5 Å². The molecule has 27 heavy (non-hydrogen) atoms. The smallest absolute Gasteiger partial charge is 0.355 e. The number of amides is 2. The lowest BCUT2D eigenvalue weighted by Gasteiger charge is -2.14. The average molecular weight is 383 g/mol. The Labute approximate surface area is 160 Å². The number of esters is 1. The fourth-order valence-corrected chi connectivity index (χ4v) is 2.78. The lowest BCUT2D eigenvalue weighted by Crippen LogP contribution is -2.33. The molecule has 0 aliphatic rings. The predicted molar refractivity (Wildman–Crippen MR) is 101 cm³/mol. The van der Waals surface area contributed by atoms with Gasteiger partial charge in [-0.15, -0.1) is 11.3 Å². The molecule has 0 aliphatic heterocycles. The van der Waals surface area contributed by atoms with Gasteiger partial charge < -0.3 is 15.4 Å². The van der Waals surface area contributed by atoms with Crippen LogP contribution in [-0.4, -0.2) is 23.9 Å². The highest BCUT2D eigenvalue weighted by molar-refractivity contribution is 7.14. The number of nitriles is 1. The van der Waals surface area contributed by atoms with Gasteiger partial charge in [0.2, 0.25) is 5.91 Å². The van der Waals surface area contributed by atoms with E-state index in [4.69, 9.17) is 10.00 Å². The van der Waals surface area contributed by atoms with Crippen molar-refractivity contribution in [2.24, 2.45) is 0 Å². The van der Waals surface area contributed by atoms with Crippen molar-refractivity contribution in [3.63, 3.8) is 0 Å². The Kier molecular flexibility index (Phi) is 6.86. The van der Waals surface area contributed by atoms with E-state index >= 15 is 0 Å². The van der Waals surface area contributed by atoms with Gasteiger partial charge in [-0.25, -0.2) is 4.79 Å². The molecule has 0 radical (unpaired) electrons. The van der Waals surface area contributed by atoms with Gasteiger partial charge in [0.1, 0.15) is 16.8 Å². The molecule has 1 aromatic carbocycles. The molecule has 2 aromatic rings. The second kappa shape index (κ2) is 9.31. The molecule has 0 fully saturated rings. The minimum atomic E-state index is -1.13. The van der Waals surface area contributed by atoms with Gasteiger partial charge in [-0.1, -0.05) is 30.3 Å². The first-order valence-electron chi connectivity index (χ1n) is 7.94. The molecule has 1 aromatic heterocycles. The molecule has 7 nitrogen and oxygen atoms in total. The summed E-state index contributed by atoms with van der Waals surface area (Å²) in [6.07, 6.45) is 0.334. The number of nitrogens with zero attached hydrogens (tertiary/aromatic N) is 1. The lowest BCUT2D eigenvalue weighted by atomic mass is 10.2. The van der Waals surface area contributed by atoms with Crippen LogP contribution >= 0.6 is 11.3 Å². The minimum absolute atomic E-state index is 0.0813. The summed E-state index contributed by atoms with van der Waals surface area (Å²) >= 11 is 1.19. The highest BCUT2D eigenvalue weighted by atomic mass is 32.1. The summed E-state index contributed by atoms with van der Waals surface area (Å²) in [5.41, 5.74) is 0.935. The molecule has 1 atom stereocenters. The van der Waals surface area contributed by atoms with E-state index < -0.39 is 23.9 Å². The van der Waals surface area contributed by atoms with E-state index in [0.717, 1.165) is 0 Å². The van der Waals surface area contributed by atoms with E-state index in [9.17, 15) is 14.4 Å². The summed E-state index contributed by atoms with van der Waals surface area (Å²) in [6.45, 7) is 2.67. The molecule has 0 saturated heterocycles. The van der Waals surface area contributed by atoms with Crippen molar-refractivity contribution in [3.05, 3.63) is 58.6 Å². The van der Waals surface area contributed by atoms with Gasteiger partial charge >= 0.3 is 5.97 Å². The molecule has 138 valence electrons. The Bertz CT molecular complexity index is 913. The monoisotopic (exact) mass is 383 g/mol. The summed E-state index contributed by atoms with van der Waals surface area (Å²) in [5.74, 6) is -1.86. The summed E-state index contributed by atoms with van der Waals surface area (Å²) in [6, 6.07) is 12.4. The molecule has 0 spiro atoms. The Hall–Kier alpha value is -3.44. The standard InChI is InChI=1S/C19H17N3O4S/c1-12(17(24)22-18-15(11-20)8-9-27-18)26-19(25)16(21-13(2)23)10-14-6-4-3-5-7-14/h3-10,12H,1-2H3,(H,21,23)(H,22,24)/b16-10-/t12-/m0/s1. The molecule has 0 unspecified atom stereocenters. The third-order valence-electron chi connectivity index (χ3n) is 3.32. The molecule has 1 heterocycles. The number of nitrogens with one attached hydrogen (secondary N) is 2. The molecule has 0 bridgehead atoms. The highest BCUT2D eigenvalue weighted by Gasteiger charge is 2.22. The minimum Gasteiger partial charge on any atom is -0.448 e. The van der Waals surface area contributed by atoms with E-state index in [-0.39, 0.29) is 5.70 Å². The topological polar surface area (TPSA) is 108 Å². The number of thiophene rings is 1. The quantitative estimate of drug-likeness (QED) is 0.589. The van der Waals surface area contributed by atoms with Gasteiger partial charge in [0.05, 0.1) is 5.56 Å². The average Bonchev–Trinajstić information content (AvgIpc) is 3.08. The van der Waals surface area contributed by atoms with Crippen molar-refractivity contribution in [1.82, 2.24) is 5.32 Å². The maximum Gasteiger partial charge on any atom is 0.355 e. The van der Waals surface area contributed by atoms with Crippen LogP contribution in [0.3, 0.4) is 0 Å². The van der Waals surface area contributed by atoms with Crippen LogP contribution in [0.5, 0.6) is 0 Å². The Morgan fingerprint density at radius 3 is 2.56 bits per heavy atom. The number of carbonyl (C=O) groups excluding carboxylic acids is 3. The van der Waals surface area contributed by atoms with Crippen LogP contribution < -0.4 is 10.6 Å². The Morgan fingerprint density at radius 2 is 1.93 bits per heavy atom. The third kappa shape index (κ3) is 5.80. The first kappa shape index (κ1) is 19.9. The second-order valence-electron chi connectivity index (χ2n) is 5.46. The number of carbonyl (C=O) groups is 3. The van der Waals surface area contributed by atoms with Crippen LogP contribution in [0.1, 0.15) is 25.0 Å². The predicted octanol–water partition coefficient (Wildman–Crippen LogP) is 2.67. The van der Waals surface area contributed by atoms with Crippen LogP contribution in [0.2, 0.25) is 0 Å². The van der Waals surface area contributed by atoms with Gasteiger partial charge in [0.25, 0.3) is 5.91 Å². The molecular formula is C19H17N3O4S. The van der Waals surface area contributed by atoms with Crippen molar-refractivity contribution < 1.29 is 19.1 Å². The molecule has 0 saturated carbocycles. The Morgan fingerprint density at radius 1 is 1.22 bits per heavy atom. The number of ether oxygens (including phenoxy) is 1. The van der Waals surface area contributed by atoms with Gasteiger partial charge in [-0.2, -0.15) is 5.26 Å². The zero-order chi connectivity index (χ0) is 19.8. The molecular weight excluding hydrogens is 366 g/mol. The largest absolute Gasteiger partial charge is 0.448 e. The zero-order valence-electron chi connectivity index (χ0n) is 14.7. The number of anilines is 1. The van der Waals surface area contributed by atoms with Gasteiger partial charge in [0, 0.05) is 6.92 Å². The first-order chi connectivity index (χ1) is 12.9. The summed E-state index contributed by atoms with van der Waals surface area (Å²) in [7, 11) is 0. The second-order valence-corrected chi connectivity index (χ2v) is 6.38. The van der Waals surface area contributed by atoms with Crippen molar-refractivity contribution in [1.29, 1.82) is 5.26 Å². The van der Waals surface area contributed by atoms with E-state index in [0.29, 0.717) is 16.1 Å². The number of hydrogen-bond donors (Lipinski definition) is 2. The van der Waals surface area contributed by atoms with E-state index in [1.54, 1.807) is 35.7 Å². The van der Waals surface area contributed by atoms with Crippen LogP contribution in [-0.2, 0) is 19.1 Å². The molecule has 0 aliphatic carbocycles. The first-order valence-corrected chi connectivity index (χ1v) is 8.82. The Balaban J connectivity index is 2.09. The van der Waals surface area contributed by atoms with Crippen molar-refractivity contribution in [2.75, 3.05) is 5.32 Å². The summed E-state index contributed by atoms with van der Waals surface area (Å²) in [5, 5.41) is 16.0. The highest BCUT2D eigenvalue weighted by Crippen LogP contribution is 2.22. The number of benzene rings is 1. The third-order valence-corrected chi connectivity index (χ3v) is 4.15. The van der Waals surface area contributed by atoms with E-state index in [1.165, 1.54) is 31.3 Å². The molecule has 2 N–H and O–H groups in total. The van der Waals surface area contributed by atoms with Crippen LogP contribution in [0.25, 0.3) is 6.08 Å². The molecule has 2 amide bonds. The van der Waals surface area contributed by atoms with Crippen molar-refractivity contribution in [2.45, 2.75) is 20.0 Å². The van der Waals surface area contributed by atoms with E-state index in [2.05, 4.69) is 10.6 Å². The molecule has 2 rings (SSSR count). The van der Waals surface area contributed by atoms with Gasteiger partial charge in [-0.3, -0.25) is 9.59 Å². The summed E-state index contributed by atoms with van der Waals surface area (Å²) < 4.78 is 5.16. The van der Waals surface area contributed by atoms with Gasteiger partial charge in [-0.05, 0) is 30.0 Å². The maximum atomic E-state index is 12.4. The SMILES string of the molecule is CC(=O)N/C(=C\c1ccccc1)C(=O)O[C@@H](C)C(=O)Nc1sccc1C#N. The van der Waals surface area contributed by atoms with Gasteiger partial charge in [0.15, 0.2) is 6.10 Å². The number of hydrogen-bond acceptors (Lipinski definition) is 6. The lowest BCUT2D eigenvalue weighted by molar-refractivity contribution is -0.149. The van der Waals surface area contributed by atoms with Crippen LogP contribution in [0.4, 0.5) is 5.00 Å². The van der Waals surface area contributed by atoms with E-state index in [1.807, 2.05) is 12.1 Å².